The minimum absolute atomic E-state index is 0.350. The summed E-state index contributed by atoms with van der Waals surface area (Å²) < 4.78 is 0. The van der Waals surface area contributed by atoms with Gasteiger partial charge in [0.25, 0.3) is 5.91 Å². The quantitative estimate of drug-likeness (QED) is 0.880. The molecule has 0 saturated carbocycles. The van der Waals surface area contributed by atoms with E-state index in [-0.39, 0.29) is 5.91 Å². The van der Waals surface area contributed by atoms with Crippen LogP contribution in [0.5, 0.6) is 0 Å². The number of hydrogen-bond acceptors (Lipinski definition) is 2. The Hall–Kier alpha value is -2.65. The first-order valence-corrected chi connectivity index (χ1v) is 7.16. The van der Waals surface area contributed by atoms with Gasteiger partial charge in [0, 0.05) is 6.54 Å². The van der Waals surface area contributed by atoms with Crippen molar-refractivity contribution in [2.45, 2.75) is 5.60 Å². The van der Waals surface area contributed by atoms with Gasteiger partial charge in [-0.1, -0.05) is 66.7 Å². The molecule has 2 aromatic carbocycles. The summed E-state index contributed by atoms with van der Waals surface area (Å²) in [5, 5.41) is 11.0. The largest absolute Gasteiger partial charge is 0.372 e. The summed E-state index contributed by atoms with van der Waals surface area (Å²) in [5.41, 5.74) is 0.538. The molecule has 1 amide bonds. The number of aliphatic hydroxyl groups is 1. The van der Waals surface area contributed by atoms with Crippen molar-refractivity contribution in [3.8, 4) is 0 Å². The number of amides is 1. The Bertz CT molecular complexity index is 722. The zero-order chi connectivity index (χ0) is 15.6. The zero-order valence-corrected chi connectivity index (χ0v) is 12.1. The maximum atomic E-state index is 12.8. The summed E-state index contributed by atoms with van der Waals surface area (Å²) in [6.45, 7) is 4.06. The van der Waals surface area contributed by atoms with Crippen molar-refractivity contribution in [2.24, 2.45) is 0 Å². The zero-order valence-electron chi connectivity index (χ0n) is 12.1. The van der Waals surface area contributed by atoms with E-state index in [9.17, 15) is 9.90 Å². The predicted octanol–water partition coefficient (Wildman–Crippen LogP) is 2.94. The molecule has 1 atom stereocenters. The first-order chi connectivity index (χ1) is 10.7. The molecule has 2 aromatic rings. The molecule has 0 radical (unpaired) electrons. The van der Waals surface area contributed by atoms with E-state index in [1.165, 1.54) is 0 Å². The van der Waals surface area contributed by atoms with Crippen LogP contribution in [0.3, 0.4) is 0 Å². The summed E-state index contributed by atoms with van der Waals surface area (Å²) in [7, 11) is 0. The molecule has 3 nitrogen and oxygen atoms in total. The van der Waals surface area contributed by atoms with Crippen LogP contribution < -0.4 is 0 Å². The summed E-state index contributed by atoms with van der Waals surface area (Å²) >= 11 is 0. The number of hydrogen-bond donors (Lipinski definition) is 1. The van der Waals surface area contributed by atoms with Crippen molar-refractivity contribution < 1.29 is 9.90 Å². The van der Waals surface area contributed by atoms with E-state index in [1.54, 1.807) is 29.2 Å². The van der Waals surface area contributed by atoms with E-state index in [2.05, 4.69) is 6.58 Å². The van der Waals surface area contributed by atoms with Gasteiger partial charge in [0.05, 0.1) is 5.70 Å². The third-order valence-electron chi connectivity index (χ3n) is 3.80. The molecule has 0 bridgehead atoms. The van der Waals surface area contributed by atoms with Crippen molar-refractivity contribution in [2.75, 3.05) is 6.54 Å². The fourth-order valence-corrected chi connectivity index (χ4v) is 2.71. The second-order valence-corrected chi connectivity index (χ2v) is 5.23. The smallest absolute Gasteiger partial charge is 0.268 e. The number of nitrogens with zero attached hydrogens (tertiary/aromatic N) is 1. The average molecular weight is 291 g/mol. The van der Waals surface area contributed by atoms with Crippen molar-refractivity contribution in [3.05, 3.63) is 90.5 Å². The van der Waals surface area contributed by atoms with Gasteiger partial charge >= 0.3 is 0 Å². The fraction of sp³-hybridized carbons (Fsp3) is 0.105. The molecule has 1 unspecified atom stereocenters. The molecule has 0 saturated heterocycles. The monoisotopic (exact) mass is 291 g/mol. The first-order valence-electron chi connectivity index (χ1n) is 7.16. The minimum Gasteiger partial charge on any atom is -0.372 e. The number of benzene rings is 2. The Kier molecular flexibility index (Phi) is 3.65. The van der Waals surface area contributed by atoms with Crippen LogP contribution in [0.15, 0.2) is 79.4 Å². The topological polar surface area (TPSA) is 40.5 Å². The normalized spacial score (nSPS) is 20.9. The minimum atomic E-state index is -1.63. The molecule has 0 aromatic heterocycles. The summed E-state index contributed by atoms with van der Waals surface area (Å²) in [4.78, 5) is 14.3. The van der Waals surface area contributed by atoms with Crippen LogP contribution in [0.1, 0.15) is 11.1 Å². The van der Waals surface area contributed by atoms with Crippen molar-refractivity contribution in [1.29, 1.82) is 0 Å². The molecule has 0 fully saturated rings. The highest BCUT2D eigenvalue weighted by atomic mass is 16.3. The van der Waals surface area contributed by atoms with Crippen LogP contribution in [0.25, 0.3) is 5.70 Å². The van der Waals surface area contributed by atoms with Gasteiger partial charge in [-0.05, 0) is 17.2 Å². The van der Waals surface area contributed by atoms with E-state index in [1.807, 2.05) is 48.5 Å². The SMILES string of the molecule is C=CCN1C(=O)C(O)(c2ccccc2)C=C1c1ccccc1. The van der Waals surface area contributed by atoms with Crippen LogP contribution in [0.4, 0.5) is 0 Å². The summed E-state index contributed by atoms with van der Waals surface area (Å²) in [5.74, 6) is -0.350. The molecule has 3 rings (SSSR count). The lowest BCUT2D eigenvalue weighted by Gasteiger charge is -2.23. The lowest BCUT2D eigenvalue weighted by Crippen LogP contribution is -2.39. The van der Waals surface area contributed by atoms with E-state index >= 15 is 0 Å². The fourth-order valence-electron chi connectivity index (χ4n) is 2.71. The molecule has 1 N–H and O–H groups in total. The maximum Gasteiger partial charge on any atom is 0.268 e. The standard InChI is InChI=1S/C19H17NO2/c1-2-13-20-17(15-9-5-3-6-10-15)14-19(22,18(20)21)16-11-7-4-8-12-16/h2-12,14,22H,1,13H2. The van der Waals surface area contributed by atoms with E-state index in [0.717, 1.165) is 5.56 Å². The molecule has 110 valence electrons. The van der Waals surface area contributed by atoms with Crippen LogP contribution in [0.2, 0.25) is 0 Å². The molecular formula is C19H17NO2. The van der Waals surface area contributed by atoms with Crippen molar-refractivity contribution >= 4 is 11.6 Å². The lowest BCUT2D eigenvalue weighted by molar-refractivity contribution is -0.141. The van der Waals surface area contributed by atoms with Gasteiger partial charge in [-0.15, -0.1) is 6.58 Å². The highest BCUT2D eigenvalue weighted by Gasteiger charge is 2.46. The Morgan fingerprint density at radius 1 is 1.05 bits per heavy atom. The van der Waals surface area contributed by atoms with E-state index in [4.69, 9.17) is 0 Å². The Morgan fingerprint density at radius 3 is 2.23 bits per heavy atom. The van der Waals surface area contributed by atoms with Crippen molar-refractivity contribution in [1.82, 2.24) is 4.90 Å². The van der Waals surface area contributed by atoms with E-state index < -0.39 is 5.60 Å². The molecule has 1 aliphatic heterocycles. The maximum absolute atomic E-state index is 12.8. The summed E-state index contributed by atoms with van der Waals surface area (Å²) in [6, 6.07) is 18.6. The van der Waals surface area contributed by atoms with Gasteiger partial charge in [0.15, 0.2) is 5.60 Å². The van der Waals surface area contributed by atoms with E-state index in [0.29, 0.717) is 17.8 Å². The molecule has 0 aliphatic carbocycles. The lowest BCUT2D eigenvalue weighted by atomic mass is 9.94. The van der Waals surface area contributed by atoms with Crippen molar-refractivity contribution in [3.63, 3.8) is 0 Å². The molecule has 3 heteroatoms. The molecule has 22 heavy (non-hydrogen) atoms. The predicted molar refractivity (Wildman–Crippen MR) is 86.7 cm³/mol. The highest BCUT2D eigenvalue weighted by molar-refractivity contribution is 6.01. The van der Waals surface area contributed by atoms with Gasteiger partial charge in [0.2, 0.25) is 0 Å². The van der Waals surface area contributed by atoms with Gasteiger partial charge in [-0.25, -0.2) is 0 Å². The third-order valence-corrected chi connectivity index (χ3v) is 3.80. The first kappa shape index (κ1) is 14.3. The van der Waals surface area contributed by atoms with Gasteiger partial charge < -0.3 is 10.0 Å². The number of carbonyl (C=O) groups excluding carboxylic acids is 1. The third kappa shape index (κ3) is 2.26. The second-order valence-electron chi connectivity index (χ2n) is 5.23. The van der Waals surface area contributed by atoms with Gasteiger partial charge in [-0.3, -0.25) is 4.79 Å². The van der Waals surface area contributed by atoms with Crippen LogP contribution in [-0.2, 0) is 10.4 Å². The number of rotatable bonds is 4. The molecule has 0 spiro atoms. The Labute approximate surface area is 129 Å². The van der Waals surface area contributed by atoms with Crippen LogP contribution in [-0.4, -0.2) is 22.5 Å². The van der Waals surface area contributed by atoms with Crippen LogP contribution >= 0.6 is 0 Å². The Balaban J connectivity index is 2.12. The molecule has 1 heterocycles. The average Bonchev–Trinajstić information content (AvgIpc) is 2.83. The number of carbonyl (C=O) groups is 1. The second kappa shape index (κ2) is 5.62. The van der Waals surface area contributed by atoms with Gasteiger partial charge in [-0.2, -0.15) is 0 Å². The molecule has 1 aliphatic rings. The Morgan fingerprint density at radius 2 is 1.64 bits per heavy atom. The summed E-state index contributed by atoms with van der Waals surface area (Å²) in [6.07, 6.45) is 3.29. The van der Waals surface area contributed by atoms with Crippen LogP contribution in [0, 0.1) is 0 Å². The highest BCUT2D eigenvalue weighted by Crippen LogP contribution is 2.38. The van der Waals surface area contributed by atoms with Gasteiger partial charge in [0.1, 0.15) is 0 Å². The molecular weight excluding hydrogens is 274 g/mol.